The second-order valence-electron chi connectivity index (χ2n) is 3.61. The first-order valence-corrected chi connectivity index (χ1v) is 5.01. The lowest BCUT2D eigenvalue weighted by Crippen LogP contribution is -2.42. The summed E-state index contributed by atoms with van der Waals surface area (Å²) in [6.45, 7) is 3.29. The number of rotatable bonds is 5. The molecular weight excluding hydrogens is 228 g/mol. The Morgan fingerprint density at radius 1 is 1.41 bits per heavy atom. The van der Waals surface area contributed by atoms with Gasteiger partial charge in [-0.25, -0.2) is 4.79 Å². The Hall–Kier alpha value is -2.19. The summed E-state index contributed by atoms with van der Waals surface area (Å²) in [7, 11) is 0. The molecule has 1 heterocycles. The van der Waals surface area contributed by atoms with Crippen molar-refractivity contribution in [2.24, 2.45) is 0 Å². The number of hydrogen-bond donors (Lipinski definition) is 4. The molecule has 0 aliphatic heterocycles. The molecular formula is C8H14N6O3. The molecule has 2 amide bonds. The highest BCUT2D eigenvalue weighted by molar-refractivity contribution is 5.75. The first-order valence-electron chi connectivity index (χ1n) is 5.01. The number of urea groups is 1. The van der Waals surface area contributed by atoms with E-state index >= 15 is 0 Å². The van der Waals surface area contributed by atoms with Gasteiger partial charge < -0.3 is 15.7 Å². The molecule has 94 valence electrons. The van der Waals surface area contributed by atoms with Gasteiger partial charge >= 0.3 is 12.0 Å². The van der Waals surface area contributed by atoms with E-state index in [1.807, 2.05) is 0 Å². The number of H-pyrrole nitrogens is 1. The summed E-state index contributed by atoms with van der Waals surface area (Å²) >= 11 is 0. The first-order chi connectivity index (χ1) is 7.99. The van der Waals surface area contributed by atoms with Crippen LogP contribution in [0.4, 0.5) is 4.79 Å². The predicted molar refractivity (Wildman–Crippen MR) is 56.0 cm³/mol. The lowest BCUT2D eigenvalue weighted by atomic mass is 10.2. The maximum atomic E-state index is 11.4. The van der Waals surface area contributed by atoms with Gasteiger partial charge in [0, 0.05) is 6.04 Å². The Bertz CT molecular complexity index is 379. The maximum Gasteiger partial charge on any atom is 0.315 e. The summed E-state index contributed by atoms with van der Waals surface area (Å²) in [5.41, 5.74) is 0. The molecule has 1 aromatic rings. The van der Waals surface area contributed by atoms with E-state index in [4.69, 9.17) is 5.11 Å². The molecule has 0 saturated heterocycles. The van der Waals surface area contributed by atoms with Gasteiger partial charge in [0.05, 0.1) is 12.5 Å². The fourth-order valence-corrected chi connectivity index (χ4v) is 1.19. The Morgan fingerprint density at radius 3 is 2.65 bits per heavy atom. The van der Waals surface area contributed by atoms with E-state index in [1.54, 1.807) is 13.8 Å². The van der Waals surface area contributed by atoms with Crippen LogP contribution in [-0.4, -0.2) is 43.8 Å². The number of aromatic amines is 1. The van der Waals surface area contributed by atoms with Gasteiger partial charge in [0.1, 0.15) is 0 Å². The van der Waals surface area contributed by atoms with Crippen LogP contribution in [0.25, 0.3) is 0 Å². The van der Waals surface area contributed by atoms with Gasteiger partial charge in [0.25, 0.3) is 0 Å². The zero-order valence-electron chi connectivity index (χ0n) is 9.47. The topological polar surface area (TPSA) is 133 Å². The van der Waals surface area contributed by atoms with E-state index < -0.39 is 24.1 Å². The van der Waals surface area contributed by atoms with Gasteiger partial charge in [0.2, 0.25) is 0 Å². The number of hydrogen-bond acceptors (Lipinski definition) is 5. The maximum absolute atomic E-state index is 11.4. The number of nitrogens with one attached hydrogen (secondary N) is 3. The summed E-state index contributed by atoms with van der Waals surface area (Å²) in [5.74, 6) is -0.616. The Morgan fingerprint density at radius 2 is 2.12 bits per heavy atom. The van der Waals surface area contributed by atoms with Crippen LogP contribution in [-0.2, 0) is 4.79 Å². The molecule has 2 atom stereocenters. The lowest BCUT2D eigenvalue weighted by molar-refractivity contribution is -0.137. The number of nitrogens with zero attached hydrogens (tertiary/aromatic N) is 3. The fraction of sp³-hybridized carbons (Fsp3) is 0.625. The van der Waals surface area contributed by atoms with Crippen molar-refractivity contribution < 1.29 is 14.7 Å². The number of carbonyl (C=O) groups excluding carboxylic acids is 1. The van der Waals surface area contributed by atoms with E-state index in [0.29, 0.717) is 5.82 Å². The molecule has 0 aliphatic carbocycles. The van der Waals surface area contributed by atoms with Crippen molar-refractivity contribution in [1.82, 2.24) is 31.3 Å². The van der Waals surface area contributed by atoms with Gasteiger partial charge in [-0.05, 0) is 13.8 Å². The Labute approximate surface area is 97.0 Å². The number of aliphatic carboxylic acids is 1. The van der Waals surface area contributed by atoms with Crippen LogP contribution in [0.3, 0.4) is 0 Å². The largest absolute Gasteiger partial charge is 0.481 e. The molecule has 0 aromatic carbocycles. The normalized spacial score (nSPS) is 13.8. The average molecular weight is 242 g/mol. The smallest absolute Gasteiger partial charge is 0.315 e. The zero-order chi connectivity index (χ0) is 12.8. The summed E-state index contributed by atoms with van der Waals surface area (Å²) in [6, 6.07) is -1.34. The van der Waals surface area contributed by atoms with E-state index in [2.05, 4.69) is 31.3 Å². The monoisotopic (exact) mass is 242 g/mol. The molecule has 0 fully saturated rings. The van der Waals surface area contributed by atoms with Gasteiger partial charge in [-0.2, -0.15) is 5.21 Å². The molecule has 9 nitrogen and oxygen atoms in total. The SMILES string of the molecule is CC(CC(=O)O)NC(=O)NC(C)c1nn[nH]n1. The van der Waals surface area contributed by atoms with Crippen LogP contribution in [0.1, 0.15) is 32.1 Å². The molecule has 0 bridgehead atoms. The summed E-state index contributed by atoms with van der Waals surface area (Å²) in [4.78, 5) is 21.8. The molecule has 1 aromatic heterocycles. The molecule has 0 spiro atoms. The van der Waals surface area contributed by atoms with Crippen molar-refractivity contribution in [2.45, 2.75) is 32.4 Å². The van der Waals surface area contributed by atoms with Crippen LogP contribution < -0.4 is 10.6 Å². The number of carbonyl (C=O) groups is 2. The molecule has 0 radical (unpaired) electrons. The van der Waals surface area contributed by atoms with Crippen molar-refractivity contribution in [1.29, 1.82) is 0 Å². The summed E-state index contributed by atoms with van der Waals surface area (Å²) in [5, 5.41) is 26.6. The first kappa shape index (κ1) is 12.9. The van der Waals surface area contributed by atoms with Crippen LogP contribution in [0.2, 0.25) is 0 Å². The second-order valence-corrected chi connectivity index (χ2v) is 3.61. The predicted octanol–water partition coefficient (Wildman–Crippen LogP) is -0.577. The molecule has 0 aliphatic rings. The zero-order valence-corrected chi connectivity index (χ0v) is 9.47. The third-order valence-corrected chi connectivity index (χ3v) is 1.95. The highest BCUT2D eigenvalue weighted by atomic mass is 16.4. The summed E-state index contributed by atoms with van der Waals surface area (Å²) < 4.78 is 0. The van der Waals surface area contributed by atoms with E-state index in [-0.39, 0.29) is 6.42 Å². The third-order valence-electron chi connectivity index (χ3n) is 1.95. The molecule has 0 saturated carbocycles. The van der Waals surface area contributed by atoms with Crippen LogP contribution in [0, 0.1) is 0 Å². The number of tetrazole rings is 1. The van der Waals surface area contributed by atoms with E-state index in [1.165, 1.54) is 0 Å². The molecule has 17 heavy (non-hydrogen) atoms. The van der Waals surface area contributed by atoms with Gasteiger partial charge in [-0.15, -0.1) is 10.2 Å². The van der Waals surface area contributed by atoms with Crippen molar-refractivity contribution in [3.8, 4) is 0 Å². The number of amides is 2. The van der Waals surface area contributed by atoms with E-state index in [9.17, 15) is 9.59 Å². The van der Waals surface area contributed by atoms with Gasteiger partial charge in [-0.1, -0.05) is 5.21 Å². The number of carboxylic acid groups (broad SMARTS) is 1. The standard InChI is InChI=1S/C8H14N6O3/c1-4(3-6(15)16)9-8(17)10-5(2)7-11-13-14-12-7/h4-5H,3H2,1-2H3,(H,15,16)(H2,9,10,17)(H,11,12,13,14). The van der Waals surface area contributed by atoms with Crippen LogP contribution in [0.15, 0.2) is 0 Å². The average Bonchev–Trinajstić information content (AvgIpc) is 2.67. The van der Waals surface area contributed by atoms with Crippen molar-refractivity contribution in [2.75, 3.05) is 0 Å². The van der Waals surface area contributed by atoms with Crippen molar-refractivity contribution >= 4 is 12.0 Å². The third kappa shape index (κ3) is 4.45. The quantitative estimate of drug-likeness (QED) is 0.546. The minimum atomic E-state index is -0.969. The molecule has 1 rings (SSSR count). The Kier molecular flexibility index (Phi) is 4.37. The van der Waals surface area contributed by atoms with Crippen LogP contribution in [0.5, 0.6) is 0 Å². The van der Waals surface area contributed by atoms with Crippen LogP contribution >= 0.6 is 0 Å². The molecule has 4 N–H and O–H groups in total. The summed E-state index contributed by atoms with van der Waals surface area (Å²) in [6.07, 6.45) is -0.135. The minimum absolute atomic E-state index is 0.135. The highest BCUT2D eigenvalue weighted by Gasteiger charge is 2.15. The fourth-order valence-electron chi connectivity index (χ4n) is 1.19. The highest BCUT2D eigenvalue weighted by Crippen LogP contribution is 2.02. The second kappa shape index (κ2) is 5.77. The molecule has 9 heteroatoms. The number of aromatic nitrogens is 4. The lowest BCUT2D eigenvalue weighted by Gasteiger charge is -2.14. The van der Waals surface area contributed by atoms with Gasteiger partial charge in [-0.3, -0.25) is 4.79 Å². The van der Waals surface area contributed by atoms with Crippen molar-refractivity contribution in [3.63, 3.8) is 0 Å². The van der Waals surface area contributed by atoms with Gasteiger partial charge in [0.15, 0.2) is 5.82 Å². The van der Waals surface area contributed by atoms with E-state index in [0.717, 1.165) is 0 Å². The Balaban J connectivity index is 2.37. The number of carboxylic acids is 1. The molecule has 2 unspecified atom stereocenters. The van der Waals surface area contributed by atoms with Crippen molar-refractivity contribution in [3.05, 3.63) is 5.82 Å². The minimum Gasteiger partial charge on any atom is -0.481 e.